The number of amides is 1. The van der Waals surface area contributed by atoms with Gasteiger partial charge in [-0.3, -0.25) is 4.79 Å². The molecular weight excluding hydrogens is 517 g/mol. The Bertz CT molecular complexity index is 1320. The second kappa shape index (κ2) is 11.0. The van der Waals surface area contributed by atoms with Gasteiger partial charge in [0.05, 0.1) is 34.8 Å². The molecule has 2 aromatic carbocycles. The quantitative estimate of drug-likeness (QED) is 0.302. The first-order valence-electron chi connectivity index (χ1n) is 10.4. The summed E-state index contributed by atoms with van der Waals surface area (Å²) >= 11 is 18.2. The third-order valence-electron chi connectivity index (χ3n) is 5.03. The van der Waals surface area contributed by atoms with Crippen molar-refractivity contribution >= 4 is 50.5 Å². The topological polar surface area (TPSA) is 72.3 Å². The molecule has 0 saturated carbocycles. The summed E-state index contributed by atoms with van der Waals surface area (Å²) in [5.41, 5.74) is 1.42. The van der Waals surface area contributed by atoms with Crippen LogP contribution in [-0.4, -0.2) is 35.3 Å². The largest absolute Gasteiger partial charge is 0.329 e. The zero-order valence-electron chi connectivity index (χ0n) is 18.7. The van der Waals surface area contributed by atoms with Crippen molar-refractivity contribution < 1.29 is 13.2 Å². The molecule has 0 N–H and O–H groups in total. The highest BCUT2D eigenvalue weighted by Gasteiger charge is 2.27. The van der Waals surface area contributed by atoms with Gasteiger partial charge in [0, 0.05) is 22.6 Å². The van der Waals surface area contributed by atoms with E-state index >= 15 is 0 Å². The molecule has 6 nitrogen and oxygen atoms in total. The molecule has 0 spiro atoms. The lowest BCUT2D eigenvalue weighted by molar-refractivity contribution is 0.0758. The summed E-state index contributed by atoms with van der Waals surface area (Å²) < 4.78 is 28.1. The first kappa shape index (κ1) is 26.3. The summed E-state index contributed by atoms with van der Waals surface area (Å²) in [4.78, 5) is 19.0. The van der Waals surface area contributed by atoms with Crippen molar-refractivity contribution in [1.82, 2.24) is 14.5 Å². The van der Waals surface area contributed by atoms with Crippen molar-refractivity contribution in [1.29, 1.82) is 0 Å². The molecule has 1 aromatic heterocycles. The lowest BCUT2D eigenvalue weighted by Gasteiger charge is -2.24. The maximum Gasteiger partial charge on any atom is 0.256 e. The van der Waals surface area contributed by atoms with E-state index < -0.39 is 9.84 Å². The normalized spacial score (nSPS) is 11.6. The molecule has 0 radical (unpaired) electrons. The number of hydrogen-bond donors (Lipinski definition) is 0. The van der Waals surface area contributed by atoms with Crippen molar-refractivity contribution in [3.05, 3.63) is 93.2 Å². The summed E-state index contributed by atoms with van der Waals surface area (Å²) in [7, 11) is -3.78. The van der Waals surface area contributed by atoms with Crippen LogP contribution in [0.1, 0.15) is 41.5 Å². The minimum Gasteiger partial charge on any atom is -0.329 e. The Balaban J connectivity index is 1.96. The number of imidazole rings is 1. The summed E-state index contributed by atoms with van der Waals surface area (Å²) in [6.45, 7) is 7.80. The molecule has 34 heavy (non-hydrogen) atoms. The molecule has 0 aliphatic heterocycles. The molecule has 0 aliphatic carbocycles. The van der Waals surface area contributed by atoms with E-state index in [4.69, 9.17) is 34.8 Å². The lowest BCUT2D eigenvalue weighted by Crippen LogP contribution is -2.32. The Morgan fingerprint density at radius 2 is 1.85 bits per heavy atom. The highest BCUT2D eigenvalue weighted by Crippen LogP contribution is 2.26. The number of aromatic nitrogens is 2. The van der Waals surface area contributed by atoms with Crippen LogP contribution in [-0.2, 0) is 22.1 Å². The number of sulfone groups is 1. The van der Waals surface area contributed by atoms with E-state index in [-0.39, 0.29) is 46.5 Å². The maximum absolute atomic E-state index is 13.2. The van der Waals surface area contributed by atoms with Crippen LogP contribution in [0.2, 0.25) is 15.1 Å². The SMILES string of the molecule is C=CCN(Cc1cnc(S(=O)(=O)Cc2cccc(Cl)c2)n1C(C)C)C(=O)c1ccc(Cl)cc1Cl. The van der Waals surface area contributed by atoms with Gasteiger partial charge in [-0.05, 0) is 49.7 Å². The lowest BCUT2D eigenvalue weighted by atomic mass is 10.2. The summed E-state index contributed by atoms with van der Waals surface area (Å²) in [5, 5.41) is 1.05. The Morgan fingerprint density at radius 3 is 2.47 bits per heavy atom. The number of nitrogens with zero attached hydrogens (tertiary/aromatic N) is 3. The Morgan fingerprint density at radius 1 is 1.15 bits per heavy atom. The van der Waals surface area contributed by atoms with E-state index in [2.05, 4.69) is 11.6 Å². The second-order valence-electron chi connectivity index (χ2n) is 7.98. The smallest absolute Gasteiger partial charge is 0.256 e. The van der Waals surface area contributed by atoms with E-state index in [0.29, 0.717) is 21.3 Å². The van der Waals surface area contributed by atoms with Crippen molar-refractivity contribution in [2.75, 3.05) is 6.54 Å². The van der Waals surface area contributed by atoms with Gasteiger partial charge in [-0.1, -0.05) is 53.0 Å². The second-order valence-corrected chi connectivity index (χ2v) is 11.1. The number of rotatable bonds is 9. The van der Waals surface area contributed by atoms with E-state index in [9.17, 15) is 13.2 Å². The first-order valence-corrected chi connectivity index (χ1v) is 13.2. The van der Waals surface area contributed by atoms with Gasteiger partial charge in [-0.25, -0.2) is 13.4 Å². The minimum absolute atomic E-state index is 0.0620. The monoisotopic (exact) mass is 539 g/mol. The Labute approximate surface area is 214 Å². The first-order chi connectivity index (χ1) is 16.0. The fourth-order valence-electron chi connectivity index (χ4n) is 3.59. The van der Waals surface area contributed by atoms with Crippen molar-refractivity contribution in [3.8, 4) is 0 Å². The van der Waals surface area contributed by atoms with Gasteiger partial charge < -0.3 is 9.47 Å². The number of halogens is 3. The highest BCUT2D eigenvalue weighted by molar-refractivity contribution is 7.90. The van der Waals surface area contributed by atoms with Crippen LogP contribution < -0.4 is 0 Å². The predicted octanol–water partition coefficient (Wildman–Crippen LogP) is 6.23. The third-order valence-corrected chi connectivity index (χ3v) is 7.39. The number of carbonyl (C=O) groups is 1. The minimum atomic E-state index is -3.78. The summed E-state index contributed by atoms with van der Waals surface area (Å²) in [6.07, 6.45) is 3.08. The molecule has 0 aliphatic rings. The predicted molar refractivity (Wildman–Crippen MR) is 136 cm³/mol. The Hall–Kier alpha value is -2.32. The van der Waals surface area contributed by atoms with Crippen molar-refractivity contribution in [3.63, 3.8) is 0 Å². The molecular formula is C24H24Cl3N3O3S. The molecule has 0 saturated heterocycles. The van der Waals surface area contributed by atoms with E-state index in [0.717, 1.165) is 0 Å². The molecule has 180 valence electrons. The van der Waals surface area contributed by atoms with Gasteiger partial charge >= 0.3 is 0 Å². The number of carbonyl (C=O) groups excluding carboxylic acids is 1. The van der Waals surface area contributed by atoms with E-state index in [1.54, 1.807) is 47.0 Å². The van der Waals surface area contributed by atoms with Crippen molar-refractivity contribution in [2.45, 2.75) is 37.3 Å². The van der Waals surface area contributed by atoms with E-state index in [1.807, 2.05) is 13.8 Å². The van der Waals surface area contributed by atoms with Gasteiger partial charge in [0.15, 0.2) is 0 Å². The van der Waals surface area contributed by atoms with Gasteiger partial charge in [0.1, 0.15) is 0 Å². The van der Waals surface area contributed by atoms with Gasteiger partial charge in [0.2, 0.25) is 15.0 Å². The van der Waals surface area contributed by atoms with Crippen LogP contribution in [0.4, 0.5) is 0 Å². The highest BCUT2D eigenvalue weighted by atomic mass is 35.5. The fraction of sp³-hybridized carbons (Fsp3) is 0.250. The third kappa shape index (κ3) is 6.02. The molecule has 1 heterocycles. The molecule has 3 rings (SSSR count). The van der Waals surface area contributed by atoms with Crippen LogP contribution in [0.5, 0.6) is 0 Å². The van der Waals surface area contributed by atoms with Crippen LogP contribution in [0.25, 0.3) is 0 Å². The van der Waals surface area contributed by atoms with Crippen LogP contribution in [0.3, 0.4) is 0 Å². The van der Waals surface area contributed by atoms with Crippen molar-refractivity contribution in [2.24, 2.45) is 0 Å². The molecule has 3 aromatic rings. The molecule has 0 fully saturated rings. The standard InChI is InChI=1S/C24H24Cl3N3O3S/c1-4-10-29(23(31)21-9-8-19(26)12-22(21)27)14-20-13-28-24(30(20)16(2)3)34(32,33)15-17-6-5-7-18(25)11-17/h4-9,11-13,16H,1,10,14-15H2,2-3H3. The average Bonchev–Trinajstić information content (AvgIpc) is 3.18. The van der Waals surface area contributed by atoms with Gasteiger partial charge in [-0.15, -0.1) is 6.58 Å². The fourth-order valence-corrected chi connectivity index (χ4v) is 5.88. The molecule has 1 amide bonds. The zero-order valence-corrected chi connectivity index (χ0v) is 21.8. The maximum atomic E-state index is 13.2. The summed E-state index contributed by atoms with van der Waals surface area (Å²) in [6, 6.07) is 11.1. The molecule has 10 heteroatoms. The molecule has 0 atom stereocenters. The average molecular weight is 541 g/mol. The van der Waals surface area contributed by atoms with Crippen LogP contribution in [0.15, 0.2) is 66.5 Å². The molecule has 0 bridgehead atoms. The zero-order chi connectivity index (χ0) is 25.0. The van der Waals surface area contributed by atoms with Crippen LogP contribution in [0, 0.1) is 0 Å². The number of benzene rings is 2. The number of hydrogen-bond acceptors (Lipinski definition) is 4. The molecule has 0 unspecified atom stereocenters. The Kier molecular flexibility index (Phi) is 8.47. The van der Waals surface area contributed by atoms with Gasteiger partial charge in [0.25, 0.3) is 5.91 Å². The summed E-state index contributed by atoms with van der Waals surface area (Å²) in [5.74, 6) is -0.576. The van der Waals surface area contributed by atoms with Gasteiger partial charge in [-0.2, -0.15) is 0 Å². The van der Waals surface area contributed by atoms with Crippen LogP contribution >= 0.6 is 34.8 Å². The van der Waals surface area contributed by atoms with E-state index in [1.165, 1.54) is 17.2 Å².